The van der Waals surface area contributed by atoms with Crippen molar-refractivity contribution < 1.29 is 22.0 Å². The maximum absolute atomic E-state index is 9.52. The van der Waals surface area contributed by atoms with Gasteiger partial charge in [0.1, 0.15) is 12.6 Å². The Balaban J connectivity index is 0. The van der Waals surface area contributed by atoms with E-state index in [-0.39, 0.29) is 18.5 Å². The van der Waals surface area contributed by atoms with E-state index in [1.807, 2.05) is 0 Å². The first-order chi connectivity index (χ1) is 7.52. The summed E-state index contributed by atoms with van der Waals surface area (Å²) in [7, 11) is 4.34. The highest BCUT2D eigenvalue weighted by molar-refractivity contribution is 6.18. The van der Waals surface area contributed by atoms with Gasteiger partial charge in [-0.15, -0.1) is 11.6 Å². The molecule has 0 aliphatic heterocycles. The van der Waals surface area contributed by atoms with Crippen LogP contribution in [0.1, 0.15) is 45.4 Å². The summed E-state index contributed by atoms with van der Waals surface area (Å²) in [4.78, 5) is 0. The van der Waals surface area contributed by atoms with Crippen LogP contribution in [0, 0.1) is 0 Å². The van der Waals surface area contributed by atoms with Crippen LogP contribution < -0.4 is 12.4 Å². The Labute approximate surface area is 118 Å². The zero-order valence-corrected chi connectivity index (χ0v) is 13.1. The standard InChI is InChI=1S/C13H29ClNO.ClH/c1-4-5-6-7-8-9-10-15(2,3)12-13(16)11-14;/h13,16H,4-12H2,1-3H3;1H/q+1;/p-1. The van der Waals surface area contributed by atoms with Gasteiger partial charge in [0.15, 0.2) is 0 Å². The third-order valence-electron chi connectivity index (χ3n) is 3.00. The Hall–Kier alpha value is 0.500. The van der Waals surface area contributed by atoms with Gasteiger partial charge in [0.2, 0.25) is 0 Å². The average Bonchev–Trinajstić information content (AvgIpc) is 2.22. The molecule has 0 rings (SSSR count). The molecule has 0 amide bonds. The zero-order chi connectivity index (χ0) is 12.4. The van der Waals surface area contributed by atoms with Crippen LogP contribution in [0.5, 0.6) is 0 Å². The molecular weight excluding hydrogens is 257 g/mol. The highest BCUT2D eigenvalue weighted by Crippen LogP contribution is 2.09. The van der Waals surface area contributed by atoms with Crippen LogP contribution in [-0.2, 0) is 0 Å². The van der Waals surface area contributed by atoms with Crippen LogP contribution in [0.25, 0.3) is 0 Å². The van der Waals surface area contributed by atoms with Crippen molar-refractivity contribution in [2.45, 2.75) is 51.6 Å². The number of hydrogen-bond donors (Lipinski definition) is 1. The number of unbranched alkanes of at least 4 members (excludes halogenated alkanes) is 5. The highest BCUT2D eigenvalue weighted by atomic mass is 35.5. The molecule has 0 aromatic heterocycles. The van der Waals surface area contributed by atoms with Gasteiger partial charge in [-0.05, 0) is 12.8 Å². The van der Waals surface area contributed by atoms with E-state index in [1.165, 1.54) is 38.5 Å². The van der Waals surface area contributed by atoms with Crippen molar-refractivity contribution in [3.8, 4) is 0 Å². The molecule has 106 valence electrons. The summed E-state index contributed by atoms with van der Waals surface area (Å²) in [6.07, 6.45) is 7.61. The van der Waals surface area contributed by atoms with Crippen molar-refractivity contribution in [3.05, 3.63) is 0 Å². The lowest BCUT2D eigenvalue weighted by Gasteiger charge is -2.31. The molecule has 0 heterocycles. The largest absolute Gasteiger partial charge is 1.00 e. The second kappa shape index (κ2) is 11.6. The van der Waals surface area contributed by atoms with Gasteiger partial charge in [-0.3, -0.25) is 0 Å². The second-order valence-corrected chi connectivity index (χ2v) is 5.73. The van der Waals surface area contributed by atoms with E-state index in [2.05, 4.69) is 21.0 Å². The maximum Gasteiger partial charge on any atom is 0.116 e. The fraction of sp³-hybridized carbons (Fsp3) is 1.00. The first-order valence-electron chi connectivity index (χ1n) is 6.58. The van der Waals surface area contributed by atoms with Gasteiger partial charge in [-0.2, -0.15) is 0 Å². The van der Waals surface area contributed by atoms with E-state index < -0.39 is 0 Å². The van der Waals surface area contributed by atoms with Crippen molar-refractivity contribution >= 4 is 11.6 Å². The minimum Gasteiger partial charge on any atom is -1.00 e. The molecule has 1 atom stereocenters. The summed E-state index contributed by atoms with van der Waals surface area (Å²) in [6, 6.07) is 0. The SMILES string of the molecule is CCCCCCCC[N+](C)(C)CC(O)CCl.[Cl-]. The van der Waals surface area contributed by atoms with Gasteiger partial charge in [0.25, 0.3) is 0 Å². The molecule has 0 aliphatic rings. The molecule has 0 radical (unpaired) electrons. The fourth-order valence-corrected chi connectivity index (χ4v) is 2.13. The highest BCUT2D eigenvalue weighted by Gasteiger charge is 2.19. The van der Waals surface area contributed by atoms with E-state index in [1.54, 1.807) is 0 Å². The molecular formula is C13H29Cl2NO. The van der Waals surface area contributed by atoms with E-state index in [4.69, 9.17) is 11.6 Å². The minimum absolute atomic E-state index is 0. The number of quaternary nitrogens is 1. The van der Waals surface area contributed by atoms with Crippen LogP contribution in [0.4, 0.5) is 0 Å². The van der Waals surface area contributed by atoms with Crippen LogP contribution in [-0.4, -0.2) is 48.8 Å². The molecule has 0 spiro atoms. The summed E-state index contributed by atoms with van der Waals surface area (Å²) >= 11 is 5.62. The molecule has 0 aliphatic carbocycles. The quantitative estimate of drug-likeness (QED) is 0.341. The molecule has 17 heavy (non-hydrogen) atoms. The predicted octanol–water partition coefficient (Wildman–Crippen LogP) is 0.0270. The first kappa shape index (κ1) is 19.8. The smallest absolute Gasteiger partial charge is 0.116 e. The van der Waals surface area contributed by atoms with E-state index >= 15 is 0 Å². The summed E-state index contributed by atoms with van der Waals surface area (Å²) in [6.45, 7) is 4.14. The minimum atomic E-state index is -0.364. The molecule has 2 nitrogen and oxygen atoms in total. The molecule has 0 aromatic carbocycles. The lowest BCUT2D eigenvalue weighted by Crippen LogP contribution is -3.00. The molecule has 0 saturated carbocycles. The normalized spacial score (nSPS) is 13.2. The Kier molecular flexibility index (Phi) is 13.5. The van der Waals surface area contributed by atoms with Crippen molar-refractivity contribution in [2.75, 3.05) is 33.1 Å². The monoisotopic (exact) mass is 285 g/mol. The molecule has 0 aromatic rings. The van der Waals surface area contributed by atoms with E-state index in [0.29, 0.717) is 5.88 Å². The summed E-state index contributed by atoms with van der Waals surface area (Å²) in [5.41, 5.74) is 0. The van der Waals surface area contributed by atoms with Crippen molar-refractivity contribution in [1.82, 2.24) is 0 Å². The number of nitrogens with zero attached hydrogens (tertiary/aromatic N) is 1. The zero-order valence-electron chi connectivity index (χ0n) is 11.6. The van der Waals surface area contributed by atoms with Gasteiger partial charge in [-0.25, -0.2) is 0 Å². The van der Waals surface area contributed by atoms with Crippen molar-refractivity contribution in [1.29, 1.82) is 0 Å². The average molecular weight is 286 g/mol. The Morgan fingerprint density at radius 1 is 1.06 bits per heavy atom. The number of aliphatic hydroxyl groups excluding tert-OH is 1. The fourth-order valence-electron chi connectivity index (χ4n) is 2.03. The Bertz CT molecular complexity index is 165. The third kappa shape index (κ3) is 12.7. The molecule has 1 unspecified atom stereocenters. The molecule has 0 bridgehead atoms. The molecule has 0 saturated heterocycles. The maximum atomic E-state index is 9.52. The summed E-state index contributed by atoms with van der Waals surface area (Å²) < 4.78 is 0.877. The van der Waals surface area contributed by atoms with Gasteiger partial charge < -0.3 is 22.0 Å². The van der Waals surface area contributed by atoms with Crippen molar-refractivity contribution in [3.63, 3.8) is 0 Å². The first-order valence-corrected chi connectivity index (χ1v) is 7.11. The topological polar surface area (TPSA) is 20.2 Å². The van der Waals surface area contributed by atoms with Crippen LogP contribution in [0.3, 0.4) is 0 Å². The number of hydrogen-bond acceptors (Lipinski definition) is 1. The van der Waals surface area contributed by atoms with E-state index in [9.17, 15) is 5.11 Å². The molecule has 0 fully saturated rings. The van der Waals surface area contributed by atoms with Gasteiger partial charge >= 0.3 is 0 Å². The third-order valence-corrected chi connectivity index (χ3v) is 3.36. The summed E-state index contributed by atoms with van der Waals surface area (Å²) in [5, 5.41) is 9.52. The lowest BCUT2D eigenvalue weighted by molar-refractivity contribution is -0.893. The number of likely N-dealkylation sites (N-methyl/N-ethyl adjacent to an activating group) is 1. The number of halogens is 2. The second-order valence-electron chi connectivity index (χ2n) is 5.42. The lowest BCUT2D eigenvalue weighted by atomic mass is 10.1. The molecule has 1 N–H and O–H groups in total. The Morgan fingerprint density at radius 3 is 2.12 bits per heavy atom. The van der Waals surface area contributed by atoms with Gasteiger partial charge in [-0.1, -0.05) is 32.6 Å². The number of rotatable bonds is 10. The van der Waals surface area contributed by atoms with Crippen LogP contribution in [0.15, 0.2) is 0 Å². The van der Waals surface area contributed by atoms with E-state index in [0.717, 1.165) is 17.6 Å². The number of aliphatic hydroxyl groups is 1. The summed E-state index contributed by atoms with van der Waals surface area (Å²) in [5.74, 6) is 0.345. The van der Waals surface area contributed by atoms with Crippen LogP contribution >= 0.6 is 11.6 Å². The van der Waals surface area contributed by atoms with Crippen LogP contribution in [0.2, 0.25) is 0 Å². The predicted molar refractivity (Wildman–Crippen MR) is 71.9 cm³/mol. The number of alkyl halides is 1. The van der Waals surface area contributed by atoms with Crippen molar-refractivity contribution in [2.24, 2.45) is 0 Å². The Morgan fingerprint density at radius 2 is 1.59 bits per heavy atom. The van der Waals surface area contributed by atoms with Gasteiger partial charge in [0.05, 0.1) is 26.5 Å². The molecule has 4 heteroatoms. The van der Waals surface area contributed by atoms with Gasteiger partial charge in [0, 0.05) is 0 Å².